The van der Waals surface area contributed by atoms with Gasteiger partial charge < -0.3 is 10.1 Å². The molecule has 1 aliphatic heterocycles. The van der Waals surface area contributed by atoms with Crippen molar-refractivity contribution in [1.29, 1.82) is 0 Å². The highest BCUT2D eigenvalue weighted by Gasteiger charge is 2.36. The molecule has 31 heavy (non-hydrogen) atoms. The molecular weight excluding hydrogens is 431 g/mol. The number of nitrogens with one attached hydrogen (secondary N) is 1. The fourth-order valence-electron chi connectivity index (χ4n) is 3.67. The standard InChI is InChI=1S/C25H24Cl2N2O2/c1-17(18-9-4-2-5-10-18)28-25(30)29-16-15-22(29)31-24(19-11-6-3-7-12-19)20-13-8-14-21(26)23(20)27/h2-14,17,22,24H,15-16H2,1H3,(H,28,30)/t17-,22?,24?/m1/s1. The van der Waals surface area contributed by atoms with E-state index in [4.69, 9.17) is 27.9 Å². The van der Waals surface area contributed by atoms with Crippen molar-refractivity contribution in [3.63, 3.8) is 0 Å². The molecule has 0 radical (unpaired) electrons. The van der Waals surface area contributed by atoms with Crippen LogP contribution in [0.1, 0.15) is 42.2 Å². The van der Waals surface area contributed by atoms with E-state index < -0.39 is 6.10 Å². The van der Waals surface area contributed by atoms with Gasteiger partial charge in [-0.25, -0.2) is 4.79 Å². The molecule has 3 atom stereocenters. The van der Waals surface area contributed by atoms with E-state index >= 15 is 0 Å². The van der Waals surface area contributed by atoms with Crippen molar-refractivity contribution in [3.8, 4) is 0 Å². The molecule has 1 aliphatic rings. The monoisotopic (exact) mass is 454 g/mol. The van der Waals surface area contributed by atoms with Crippen molar-refractivity contribution in [2.24, 2.45) is 0 Å². The fourth-order valence-corrected chi connectivity index (χ4v) is 4.08. The van der Waals surface area contributed by atoms with E-state index in [-0.39, 0.29) is 18.3 Å². The number of carbonyl (C=O) groups is 1. The van der Waals surface area contributed by atoms with Crippen LogP contribution in [0.2, 0.25) is 10.0 Å². The highest BCUT2D eigenvalue weighted by molar-refractivity contribution is 6.42. The Balaban J connectivity index is 1.51. The summed E-state index contributed by atoms with van der Waals surface area (Å²) >= 11 is 12.8. The lowest BCUT2D eigenvalue weighted by atomic mass is 10.0. The average molecular weight is 455 g/mol. The molecule has 2 amide bonds. The Hall–Kier alpha value is -2.53. The van der Waals surface area contributed by atoms with Gasteiger partial charge in [0, 0.05) is 18.5 Å². The summed E-state index contributed by atoms with van der Waals surface area (Å²) in [4.78, 5) is 14.6. The number of amides is 2. The maximum Gasteiger partial charge on any atom is 0.319 e. The van der Waals surface area contributed by atoms with Gasteiger partial charge in [0.1, 0.15) is 12.3 Å². The van der Waals surface area contributed by atoms with Gasteiger partial charge in [-0.05, 0) is 24.1 Å². The molecule has 3 aromatic carbocycles. The lowest BCUT2D eigenvalue weighted by molar-refractivity contribution is -0.120. The first-order chi connectivity index (χ1) is 15.0. The quantitative estimate of drug-likeness (QED) is 0.455. The van der Waals surface area contributed by atoms with E-state index in [0.717, 1.165) is 23.1 Å². The molecule has 1 fully saturated rings. The number of likely N-dealkylation sites (tertiary alicyclic amines) is 1. The topological polar surface area (TPSA) is 41.6 Å². The second-order valence-electron chi connectivity index (χ2n) is 7.59. The number of hydrogen-bond acceptors (Lipinski definition) is 2. The summed E-state index contributed by atoms with van der Waals surface area (Å²) in [5, 5.41) is 4.00. The zero-order chi connectivity index (χ0) is 21.8. The van der Waals surface area contributed by atoms with Crippen LogP contribution in [0.25, 0.3) is 0 Å². The Kier molecular flexibility index (Phi) is 6.81. The van der Waals surface area contributed by atoms with Gasteiger partial charge in [0.2, 0.25) is 0 Å². The number of hydrogen-bond donors (Lipinski definition) is 1. The molecule has 0 aromatic heterocycles. The molecule has 1 N–H and O–H groups in total. The Morgan fingerprint density at radius 1 is 0.968 bits per heavy atom. The molecule has 6 heteroatoms. The number of ether oxygens (including phenoxy) is 1. The smallest absolute Gasteiger partial charge is 0.319 e. The van der Waals surface area contributed by atoms with Gasteiger partial charge in [-0.1, -0.05) is 96.0 Å². The Bertz CT molecular complexity index is 1030. The maximum atomic E-state index is 12.9. The normalized spacial score (nSPS) is 17.5. The van der Waals surface area contributed by atoms with Crippen LogP contribution >= 0.6 is 23.2 Å². The van der Waals surface area contributed by atoms with Gasteiger partial charge >= 0.3 is 6.03 Å². The number of nitrogens with zero attached hydrogens (tertiary/aromatic N) is 1. The molecule has 0 spiro atoms. The van der Waals surface area contributed by atoms with E-state index in [1.807, 2.05) is 79.7 Å². The molecule has 0 saturated carbocycles. The third-order valence-electron chi connectivity index (χ3n) is 5.52. The molecule has 2 unspecified atom stereocenters. The third kappa shape index (κ3) is 4.87. The Morgan fingerprint density at radius 3 is 2.23 bits per heavy atom. The average Bonchev–Trinajstić information content (AvgIpc) is 2.77. The number of carbonyl (C=O) groups excluding carboxylic acids is 1. The molecule has 1 saturated heterocycles. The first kappa shape index (κ1) is 21.7. The summed E-state index contributed by atoms with van der Waals surface area (Å²) in [6.07, 6.45) is -0.0166. The number of halogens is 2. The lowest BCUT2D eigenvalue weighted by Gasteiger charge is -2.42. The first-order valence-electron chi connectivity index (χ1n) is 10.3. The van der Waals surface area contributed by atoms with E-state index in [0.29, 0.717) is 16.6 Å². The van der Waals surface area contributed by atoms with Crippen LogP contribution < -0.4 is 5.32 Å². The van der Waals surface area contributed by atoms with Crippen LogP contribution in [0.4, 0.5) is 4.79 Å². The van der Waals surface area contributed by atoms with Crippen molar-refractivity contribution in [2.75, 3.05) is 6.54 Å². The second kappa shape index (κ2) is 9.73. The van der Waals surface area contributed by atoms with Crippen LogP contribution in [0.15, 0.2) is 78.9 Å². The van der Waals surface area contributed by atoms with Gasteiger partial charge in [-0.15, -0.1) is 0 Å². The van der Waals surface area contributed by atoms with Crippen LogP contribution in [0.3, 0.4) is 0 Å². The minimum atomic E-state index is -0.431. The molecule has 4 nitrogen and oxygen atoms in total. The van der Waals surface area contributed by atoms with Crippen molar-refractivity contribution in [2.45, 2.75) is 31.7 Å². The van der Waals surface area contributed by atoms with Crippen LogP contribution in [0.5, 0.6) is 0 Å². The lowest BCUT2D eigenvalue weighted by Crippen LogP contribution is -2.56. The minimum Gasteiger partial charge on any atom is -0.345 e. The van der Waals surface area contributed by atoms with Crippen LogP contribution in [0, 0.1) is 0 Å². The predicted octanol–water partition coefficient (Wildman–Crippen LogP) is 6.60. The molecular formula is C25H24Cl2N2O2. The summed E-state index contributed by atoms with van der Waals surface area (Å²) in [6.45, 7) is 2.62. The molecule has 0 aliphatic carbocycles. The van der Waals surface area contributed by atoms with Gasteiger partial charge in [0.15, 0.2) is 0 Å². The van der Waals surface area contributed by atoms with Crippen LogP contribution in [-0.2, 0) is 4.74 Å². The number of benzene rings is 3. The number of urea groups is 1. The minimum absolute atomic E-state index is 0.0951. The first-order valence-corrected chi connectivity index (χ1v) is 11.1. The Labute approximate surface area is 192 Å². The van der Waals surface area contributed by atoms with Crippen molar-refractivity contribution in [1.82, 2.24) is 10.2 Å². The van der Waals surface area contributed by atoms with Crippen molar-refractivity contribution in [3.05, 3.63) is 106 Å². The van der Waals surface area contributed by atoms with E-state index in [9.17, 15) is 4.79 Å². The highest BCUT2D eigenvalue weighted by atomic mass is 35.5. The molecule has 3 aromatic rings. The van der Waals surface area contributed by atoms with Gasteiger partial charge in [0.05, 0.1) is 16.1 Å². The summed E-state index contributed by atoms with van der Waals surface area (Å²) in [7, 11) is 0. The van der Waals surface area contributed by atoms with Gasteiger partial charge in [0.25, 0.3) is 0 Å². The summed E-state index contributed by atoms with van der Waals surface area (Å²) < 4.78 is 6.44. The van der Waals surface area contributed by atoms with Crippen molar-refractivity contribution < 1.29 is 9.53 Å². The summed E-state index contributed by atoms with van der Waals surface area (Å²) in [6, 6.07) is 25.0. The summed E-state index contributed by atoms with van der Waals surface area (Å²) in [5.41, 5.74) is 2.79. The molecule has 1 heterocycles. The van der Waals surface area contributed by atoms with E-state index in [1.165, 1.54) is 0 Å². The summed E-state index contributed by atoms with van der Waals surface area (Å²) in [5.74, 6) is 0. The molecule has 4 rings (SSSR count). The zero-order valence-corrected chi connectivity index (χ0v) is 18.7. The van der Waals surface area contributed by atoms with E-state index in [2.05, 4.69) is 5.32 Å². The van der Waals surface area contributed by atoms with Crippen LogP contribution in [-0.4, -0.2) is 23.7 Å². The third-order valence-corrected chi connectivity index (χ3v) is 6.36. The molecule has 160 valence electrons. The van der Waals surface area contributed by atoms with E-state index in [1.54, 1.807) is 11.0 Å². The van der Waals surface area contributed by atoms with Gasteiger partial charge in [-0.2, -0.15) is 0 Å². The maximum absolute atomic E-state index is 12.9. The zero-order valence-electron chi connectivity index (χ0n) is 17.2. The highest BCUT2D eigenvalue weighted by Crippen LogP contribution is 2.38. The fraction of sp³-hybridized carbons (Fsp3) is 0.240. The van der Waals surface area contributed by atoms with Crippen molar-refractivity contribution >= 4 is 29.2 Å². The largest absolute Gasteiger partial charge is 0.345 e. The SMILES string of the molecule is C[C@@H](NC(=O)N1CCC1OC(c1ccccc1)c1cccc(Cl)c1Cl)c1ccccc1. The Morgan fingerprint density at radius 2 is 1.61 bits per heavy atom. The molecule has 0 bridgehead atoms. The predicted molar refractivity (Wildman–Crippen MR) is 124 cm³/mol. The second-order valence-corrected chi connectivity index (χ2v) is 8.37. The number of rotatable bonds is 6. The van der Waals surface area contributed by atoms with Gasteiger partial charge in [-0.3, -0.25) is 4.90 Å².